The van der Waals surface area contributed by atoms with Gasteiger partial charge in [0.05, 0.1) is 5.57 Å². The van der Waals surface area contributed by atoms with Gasteiger partial charge in [0.25, 0.3) is 5.95 Å². The number of hydrogen-bond acceptors (Lipinski definition) is 3. The van der Waals surface area contributed by atoms with Gasteiger partial charge in [-0.05, 0) is 12.2 Å². The number of aliphatic hydroxyl groups is 2. The van der Waals surface area contributed by atoms with Crippen LogP contribution in [0.3, 0.4) is 0 Å². The van der Waals surface area contributed by atoms with Gasteiger partial charge in [0.1, 0.15) is 0 Å². The van der Waals surface area contributed by atoms with E-state index in [-0.39, 0.29) is 17.1 Å². The second-order valence-corrected chi connectivity index (χ2v) is 2.72. The Morgan fingerprint density at radius 1 is 1.07 bits per heavy atom. The summed E-state index contributed by atoms with van der Waals surface area (Å²) < 4.78 is 0. The minimum Gasteiger partial charge on any atom is -0.481 e. The Bertz CT molecular complexity index is 346. The molecule has 4 N–H and O–H groups in total. The predicted molar refractivity (Wildman–Crippen MR) is 57.0 cm³/mol. The molecule has 0 atom stereocenters. The largest absolute Gasteiger partial charge is 0.481 e. The fourth-order valence-electron chi connectivity index (χ4n) is 0.912. The van der Waals surface area contributed by atoms with Crippen LogP contribution in [0.4, 0.5) is 5.69 Å². The van der Waals surface area contributed by atoms with Crippen molar-refractivity contribution < 1.29 is 27.3 Å². The minimum atomic E-state index is -0.616. The molecule has 0 radical (unpaired) electrons. The molecule has 1 aliphatic rings. The van der Waals surface area contributed by atoms with Crippen LogP contribution in [0, 0.1) is 0 Å². The second-order valence-electron chi connectivity index (χ2n) is 2.72. The van der Waals surface area contributed by atoms with Crippen molar-refractivity contribution in [3.63, 3.8) is 0 Å². The molecule has 0 aromatic heterocycles. The van der Waals surface area contributed by atoms with Gasteiger partial charge >= 0.3 is 0 Å². The van der Waals surface area contributed by atoms with Gasteiger partial charge in [-0.15, -0.1) is 0 Å². The molecule has 0 fully saturated rings. The SMILES string of the molecule is N[c-]1cccc1.OC(O)=C1C=CC=C1.[Fe]. The van der Waals surface area contributed by atoms with Crippen molar-refractivity contribution in [3.05, 3.63) is 60.1 Å². The molecule has 0 spiro atoms. The first-order valence-corrected chi connectivity index (χ1v) is 4.14. The van der Waals surface area contributed by atoms with E-state index in [2.05, 4.69) is 0 Å². The first kappa shape index (κ1) is 13.5. The van der Waals surface area contributed by atoms with Gasteiger partial charge in [-0.2, -0.15) is 12.1 Å². The minimum absolute atomic E-state index is 0. The average Bonchev–Trinajstić information content (AvgIpc) is 2.75. The van der Waals surface area contributed by atoms with Crippen molar-refractivity contribution in [1.29, 1.82) is 0 Å². The number of aliphatic hydroxyl groups excluding tert-OH is 1. The zero-order chi connectivity index (χ0) is 10.4. The molecule has 0 heterocycles. The third-order valence-electron chi connectivity index (χ3n) is 1.61. The topological polar surface area (TPSA) is 66.5 Å². The van der Waals surface area contributed by atoms with E-state index in [1.54, 1.807) is 24.3 Å². The number of hydrogen-bond donors (Lipinski definition) is 3. The van der Waals surface area contributed by atoms with Gasteiger partial charge in [0.15, 0.2) is 0 Å². The Morgan fingerprint density at radius 3 is 1.73 bits per heavy atom. The third-order valence-corrected chi connectivity index (χ3v) is 1.61. The maximum absolute atomic E-state index is 8.38. The molecule has 2 rings (SSSR count). The van der Waals surface area contributed by atoms with Crippen LogP contribution < -0.4 is 5.73 Å². The molecule has 1 aromatic carbocycles. The Labute approximate surface area is 99.1 Å². The Balaban J connectivity index is 0.000000253. The molecule has 0 bridgehead atoms. The maximum atomic E-state index is 8.38. The summed E-state index contributed by atoms with van der Waals surface area (Å²) >= 11 is 0. The summed E-state index contributed by atoms with van der Waals surface area (Å²) in [6.45, 7) is 0. The first-order chi connectivity index (χ1) is 6.70. The smallest absolute Gasteiger partial charge is 0.281 e. The van der Waals surface area contributed by atoms with Gasteiger partial charge in [-0.1, -0.05) is 17.8 Å². The molecule has 15 heavy (non-hydrogen) atoms. The summed E-state index contributed by atoms with van der Waals surface area (Å²) in [6, 6.07) is 7.55. The third kappa shape index (κ3) is 5.05. The van der Waals surface area contributed by atoms with E-state index in [1.807, 2.05) is 24.3 Å². The van der Waals surface area contributed by atoms with E-state index in [9.17, 15) is 0 Å². The van der Waals surface area contributed by atoms with Crippen molar-refractivity contribution in [2.24, 2.45) is 0 Å². The van der Waals surface area contributed by atoms with Crippen molar-refractivity contribution in [2.75, 3.05) is 5.73 Å². The quantitative estimate of drug-likeness (QED) is 0.374. The van der Waals surface area contributed by atoms with Crippen molar-refractivity contribution in [3.8, 4) is 0 Å². The maximum Gasteiger partial charge on any atom is 0.281 e. The van der Waals surface area contributed by atoms with Crippen molar-refractivity contribution in [1.82, 2.24) is 0 Å². The summed E-state index contributed by atoms with van der Waals surface area (Å²) in [4.78, 5) is 0. The summed E-state index contributed by atoms with van der Waals surface area (Å²) in [5, 5.41) is 16.8. The van der Waals surface area contributed by atoms with E-state index >= 15 is 0 Å². The van der Waals surface area contributed by atoms with E-state index in [0.29, 0.717) is 5.57 Å². The average molecular weight is 246 g/mol. The van der Waals surface area contributed by atoms with Gasteiger partial charge in [0.2, 0.25) is 0 Å². The van der Waals surface area contributed by atoms with E-state index in [4.69, 9.17) is 15.9 Å². The van der Waals surface area contributed by atoms with Crippen LogP contribution in [0.2, 0.25) is 0 Å². The fraction of sp³-hybridized carbons (Fsp3) is 0. The van der Waals surface area contributed by atoms with Crippen LogP contribution in [-0.4, -0.2) is 10.2 Å². The molecule has 82 valence electrons. The van der Waals surface area contributed by atoms with Crippen LogP contribution >= 0.6 is 0 Å². The Hall–Kier alpha value is -1.51. The van der Waals surface area contributed by atoms with E-state index in [0.717, 1.165) is 5.69 Å². The Morgan fingerprint density at radius 2 is 1.53 bits per heavy atom. The zero-order valence-electron chi connectivity index (χ0n) is 7.94. The van der Waals surface area contributed by atoms with Gasteiger partial charge in [-0.25, -0.2) is 12.1 Å². The normalized spacial score (nSPS) is 11.6. The van der Waals surface area contributed by atoms with Crippen LogP contribution in [0.25, 0.3) is 0 Å². The molecule has 0 saturated heterocycles. The molecule has 1 aromatic rings. The van der Waals surface area contributed by atoms with Crippen LogP contribution in [0.5, 0.6) is 0 Å². The fourth-order valence-corrected chi connectivity index (χ4v) is 0.912. The monoisotopic (exact) mass is 246 g/mol. The van der Waals surface area contributed by atoms with E-state index < -0.39 is 5.95 Å². The molecule has 1 aliphatic carbocycles. The molecule has 0 aliphatic heterocycles. The predicted octanol–water partition coefficient (Wildman–Crippen LogP) is 2.43. The van der Waals surface area contributed by atoms with Crippen LogP contribution in [0.1, 0.15) is 0 Å². The molecular formula is C11H12FeNO2-. The van der Waals surface area contributed by atoms with Gasteiger partial charge < -0.3 is 15.9 Å². The summed E-state index contributed by atoms with van der Waals surface area (Å²) in [5.74, 6) is -0.616. The number of rotatable bonds is 0. The van der Waals surface area contributed by atoms with Crippen molar-refractivity contribution in [2.45, 2.75) is 0 Å². The number of allylic oxidation sites excluding steroid dienone is 5. The number of nitrogen functional groups attached to an aromatic ring is 1. The zero-order valence-corrected chi connectivity index (χ0v) is 9.05. The van der Waals surface area contributed by atoms with Gasteiger partial charge in [0, 0.05) is 17.1 Å². The number of nitrogens with two attached hydrogens (primary N) is 1. The number of anilines is 1. The molecular weight excluding hydrogens is 234 g/mol. The molecule has 0 saturated carbocycles. The van der Waals surface area contributed by atoms with Crippen LogP contribution in [-0.2, 0) is 17.1 Å². The summed E-state index contributed by atoms with van der Waals surface area (Å²) in [5.41, 5.74) is 6.58. The molecule has 0 unspecified atom stereocenters. The van der Waals surface area contributed by atoms with E-state index in [1.165, 1.54) is 0 Å². The molecule has 4 heteroatoms. The second kappa shape index (κ2) is 6.87. The van der Waals surface area contributed by atoms with Crippen molar-refractivity contribution >= 4 is 5.69 Å². The van der Waals surface area contributed by atoms with Gasteiger partial charge in [-0.3, -0.25) is 0 Å². The summed E-state index contributed by atoms with van der Waals surface area (Å²) in [6.07, 6.45) is 6.72. The Kier molecular flexibility index (Phi) is 6.18. The molecule has 3 nitrogen and oxygen atoms in total. The first-order valence-electron chi connectivity index (χ1n) is 4.14. The molecule has 0 amide bonds. The summed E-state index contributed by atoms with van der Waals surface area (Å²) in [7, 11) is 0. The van der Waals surface area contributed by atoms with Crippen LogP contribution in [0.15, 0.2) is 60.1 Å². The standard InChI is InChI=1S/C6H6O2.C5H6N.Fe/c7-6(8)5-3-1-2-4-5;6-5-3-1-2-4-5;/h1-4,7-8H;1-4H,6H2;/q;-1;.